The summed E-state index contributed by atoms with van der Waals surface area (Å²) in [5, 5.41) is 2.78. The van der Waals surface area contributed by atoms with Gasteiger partial charge < -0.3 is 11.1 Å². The number of halogens is 1. The third kappa shape index (κ3) is 4.49. The first-order chi connectivity index (χ1) is 9.49. The molecule has 0 fully saturated rings. The maximum Gasteiger partial charge on any atom is 0.241 e. The molecule has 0 bridgehead atoms. The van der Waals surface area contributed by atoms with Crippen molar-refractivity contribution in [3.63, 3.8) is 0 Å². The molecule has 1 rings (SSSR count). The Labute approximate surface area is 120 Å². The zero-order valence-corrected chi connectivity index (χ0v) is 12.4. The van der Waals surface area contributed by atoms with Crippen molar-refractivity contribution in [2.24, 2.45) is 0 Å². The molecule has 20 heavy (non-hydrogen) atoms. The second-order valence-electron chi connectivity index (χ2n) is 4.94. The lowest BCUT2D eigenvalue weighted by atomic mass is 10.2. The lowest BCUT2D eigenvalue weighted by molar-refractivity contribution is -0.120. The zero-order valence-electron chi connectivity index (χ0n) is 12.4. The van der Waals surface area contributed by atoms with E-state index in [0.29, 0.717) is 5.69 Å². The van der Waals surface area contributed by atoms with Gasteiger partial charge in [0, 0.05) is 5.69 Å². The molecule has 0 saturated carbocycles. The van der Waals surface area contributed by atoms with E-state index in [1.165, 1.54) is 18.2 Å². The number of anilines is 2. The number of carbonyl (C=O) groups is 1. The summed E-state index contributed by atoms with van der Waals surface area (Å²) in [7, 11) is 0. The molecule has 0 aromatic heterocycles. The van der Waals surface area contributed by atoms with E-state index in [9.17, 15) is 9.18 Å². The highest BCUT2D eigenvalue weighted by Gasteiger charge is 2.20. The van der Waals surface area contributed by atoms with Gasteiger partial charge in [-0.3, -0.25) is 9.69 Å². The largest absolute Gasteiger partial charge is 0.396 e. The van der Waals surface area contributed by atoms with Crippen LogP contribution in [0.1, 0.15) is 33.6 Å². The predicted molar refractivity (Wildman–Crippen MR) is 81.1 cm³/mol. The highest BCUT2D eigenvalue weighted by Crippen LogP contribution is 2.17. The number of hydrogen-bond acceptors (Lipinski definition) is 3. The van der Waals surface area contributed by atoms with Crippen LogP contribution < -0.4 is 11.1 Å². The Morgan fingerprint density at radius 2 is 1.95 bits per heavy atom. The van der Waals surface area contributed by atoms with Crippen molar-refractivity contribution in [1.29, 1.82) is 0 Å². The van der Waals surface area contributed by atoms with Gasteiger partial charge >= 0.3 is 0 Å². The normalized spacial score (nSPS) is 12.4. The van der Waals surface area contributed by atoms with Gasteiger partial charge in [0.1, 0.15) is 5.82 Å². The molecule has 0 aliphatic carbocycles. The first-order valence-corrected chi connectivity index (χ1v) is 7.09. The Hall–Kier alpha value is -1.62. The minimum atomic E-state index is -0.477. The fourth-order valence-corrected chi connectivity index (χ4v) is 2.11. The number of carbonyl (C=O) groups excluding carboxylic acids is 1. The van der Waals surface area contributed by atoms with Gasteiger partial charge in [0.05, 0.1) is 11.7 Å². The molecule has 1 atom stereocenters. The average Bonchev–Trinajstić information content (AvgIpc) is 2.42. The van der Waals surface area contributed by atoms with Crippen molar-refractivity contribution >= 4 is 17.3 Å². The second-order valence-corrected chi connectivity index (χ2v) is 4.94. The van der Waals surface area contributed by atoms with Gasteiger partial charge in [-0.2, -0.15) is 0 Å². The SMILES string of the molecule is CCCN(CCC)C(C)C(=O)Nc1ccc(F)c(N)c1. The number of nitrogens with zero attached hydrogens (tertiary/aromatic N) is 1. The fourth-order valence-electron chi connectivity index (χ4n) is 2.11. The maximum absolute atomic E-state index is 13.1. The van der Waals surface area contributed by atoms with Crippen LogP contribution in [0.25, 0.3) is 0 Å². The maximum atomic E-state index is 13.1. The van der Waals surface area contributed by atoms with E-state index in [1.54, 1.807) is 0 Å². The minimum absolute atomic E-state index is 0.0365. The van der Waals surface area contributed by atoms with Crippen LogP contribution in [0.15, 0.2) is 18.2 Å². The highest BCUT2D eigenvalue weighted by molar-refractivity contribution is 5.94. The van der Waals surface area contributed by atoms with Crippen LogP contribution in [0.2, 0.25) is 0 Å². The molecular formula is C15H24FN3O. The zero-order chi connectivity index (χ0) is 15.1. The van der Waals surface area contributed by atoms with Gasteiger partial charge in [-0.05, 0) is 51.1 Å². The highest BCUT2D eigenvalue weighted by atomic mass is 19.1. The summed E-state index contributed by atoms with van der Waals surface area (Å²) in [4.78, 5) is 14.4. The van der Waals surface area contributed by atoms with Gasteiger partial charge in [-0.25, -0.2) is 4.39 Å². The summed E-state index contributed by atoms with van der Waals surface area (Å²) in [6, 6.07) is 3.98. The van der Waals surface area contributed by atoms with Crippen LogP contribution in [-0.4, -0.2) is 29.9 Å². The van der Waals surface area contributed by atoms with Crippen molar-refractivity contribution in [3.05, 3.63) is 24.0 Å². The van der Waals surface area contributed by atoms with Gasteiger partial charge in [0.2, 0.25) is 5.91 Å². The third-order valence-electron chi connectivity index (χ3n) is 3.21. The van der Waals surface area contributed by atoms with Crippen molar-refractivity contribution in [2.75, 3.05) is 24.1 Å². The first-order valence-electron chi connectivity index (χ1n) is 7.09. The molecule has 1 aromatic carbocycles. The smallest absolute Gasteiger partial charge is 0.241 e. The summed E-state index contributed by atoms with van der Waals surface area (Å²) in [6.07, 6.45) is 2.00. The Bertz CT molecular complexity index is 445. The number of rotatable bonds is 7. The first kappa shape index (κ1) is 16.4. The van der Waals surface area contributed by atoms with Gasteiger partial charge in [-0.15, -0.1) is 0 Å². The van der Waals surface area contributed by atoms with E-state index in [2.05, 4.69) is 24.1 Å². The summed E-state index contributed by atoms with van der Waals surface area (Å²) < 4.78 is 13.1. The average molecular weight is 281 g/mol. The molecule has 4 nitrogen and oxygen atoms in total. The van der Waals surface area contributed by atoms with Crippen molar-refractivity contribution < 1.29 is 9.18 Å². The molecule has 0 aliphatic heterocycles. The molecule has 5 heteroatoms. The molecule has 0 radical (unpaired) electrons. The van der Waals surface area contributed by atoms with Gasteiger partial charge in [0.15, 0.2) is 0 Å². The quantitative estimate of drug-likeness (QED) is 0.756. The van der Waals surface area contributed by atoms with Crippen LogP contribution in [0.4, 0.5) is 15.8 Å². The Morgan fingerprint density at radius 3 is 2.45 bits per heavy atom. The van der Waals surface area contributed by atoms with E-state index >= 15 is 0 Å². The van der Waals surface area contributed by atoms with E-state index in [0.717, 1.165) is 25.9 Å². The monoisotopic (exact) mass is 281 g/mol. The van der Waals surface area contributed by atoms with E-state index < -0.39 is 5.82 Å². The number of benzene rings is 1. The third-order valence-corrected chi connectivity index (χ3v) is 3.21. The van der Waals surface area contributed by atoms with Crippen LogP contribution in [0, 0.1) is 5.82 Å². The number of nitrogens with one attached hydrogen (secondary N) is 1. The van der Waals surface area contributed by atoms with Gasteiger partial charge in [0.25, 0.3) is 0 Å². The molecule has 112 valence electrons. The molecule has 1 aromatic rings. The molecule has 3 N–H and O–H groups in total. The molecule has 1 unspecified atom stereocenters. The molecule has 0 aliphatic rings. The fraction of sp³-hybridized carbons (Fsp3) is 0.533. The molecule has 0 heterocycles. The molecular weight excluding hydrogens is 257 g/mol. The van der Waals surface area contributed by atoms with E-state index in [4.69, 9.17) is 5.73 Å². The minimum Gasteiger partial charge on any atom is -0.396 e. The predicted octanol–water partition coefficient (Wildman–Crippen LogP) is 2.86. The van der Waals surface area contributed by atoms with Crippen LogP contribution >= 0.6 is 0 Å². The topological polar surface area (TPSA) is 58.4 Å². The summed E-state index contributed by atoms with van der Waals surface area (Å²) in [6.45, 7) is 7.83. The summed E-state index contributed by atoms with van der Waals surface area (Å²) in [5.41, 5.74) is 6.05. The Morgan fingerprint density at radius 1 is 1.35 bits per heavy atom. The lowest BCUT2D eigenvalue weighted by Crippen LogP contribution is -2.42. The molecule has 1 amide bonds. The van der Waals surface area contributed by atoms with Crippen molar-refractivity contribution in [2.45, 2.75) is 39.7 Å². The number of amides is 1. The van der Waals surface area contributed by atoms with E-state index in [-0.39, 0.29) is 17.6 Å². The summed E-state index contributed by atoms with van der Waals surface area (Å²) in [5.74, 6) is -0.576. The second kappa shape index (κ2) is 7.85. The molecule has 0 spiro atoms. The van der Waals surface area contributed by atoms with Crippen molar-refractivity contribution in [1.82, 2.24) is 4.90 Å². The number of nitrogen functional groups attached to an aromatic ring is 1. The van der Waals surface area contributed by atoms with E-state index in [1.807, 2.05) is 6.92 Å². The Balaban J connectivity index is 2.70. The molecule has 0 saturated heterocycles. The summed E-state index contributed by atoms with van der Waals surface area (Å²) >= 11 is 0. The number of nitrogens with two attached hydrogens (primary N) is 1. The van der Waals surface area contributed by atoms with Crippen molar-refractivity contribution in [3.8, 4) is 0 Å². The number of hydrogen-bond donors (Lipinski definition) is 2. The van der Waals surface area contributed by atoms with Crippen LogP contribution in [-0.2, 0) is 4.79 Å². The van der Waals surface area contributed by atoms with Crippen LogP contribution in [0.3, 0.4) is 0 Å². The standard InChI is InChI=1S/C15H24FN3O/c1-4-8-19(9-5-2)11(3)15(20)18-12-6-7-13(16)14(17)10-12/h6-7,10-11H,4-5,8-9,17H2,1-3H3,(H,18,20). The lowest BCUT2D eigenvalue weighted by Gasteiger charge is -2.27. The Kier molecular flexibility index (Phi) is 6.45. The van der Waals surface area contributed by atoms with Gasteiger partial charge in [-0.1, -0.05) is 13.8 Å². The van der Waals surface area contributed by atoms with Crippen LogP contribution in [0.5, 0.6) is 0 Å².